The van der Waals surface area contributed by atoms with Gasteiger partial charge in [0, 0.05) is 25.5 Å². The van der Waals surface area contributed by atoms with E-state index in [2.05, 4.69) is 34.9 Å². The number of anilines is 1. The Morgan fingerprint density at radius 1 is 1.69 bits per heavy atom. The number of hydrogen-bond acceptors (Lipinski definition) is 2. The molecule has 13 heavy (non-hydrogen) atoms. The van der Waals surface area contributed by atoms with E-state index in [4.69, 9.17) is 0 Å². The van der Waals surface area contributed by atoms with Crippen LogP contribution in [0.1, 0.15) is 20.3 Å². The highest BCUT2D eigenvalue weighted by Crippen LogP contribution is 2.39. The first-order valence-electron chi connectivity index (χ1n) is 5.06. The van der Waals surface area contributed by atoms with Gasteiger partial charge in [0.2, 0.25) is 5.95 Å². The number of nitrogens with zero attached hydrogens (tertiary/aromatic N) is 2. The molecule has 1 N–H and O–H groups in total. The van der Waals surface area contributed by atoms with Gasteiger partial charge in [0.05, 0.1) is 0 Å². The first-order valence-corrected chi connectivity index (χ1v) is 5.06. The van der Waals surface area contributed by atoms with Gasteiger partial charge in [0.1, 0.15) is 0 Å². The molecule has 1 aliphatic carbocycles. The molecule has 0 amide bonds. The SMILES string of the molecule is CCNc1nccn1CC1CC1C. The van der Waals surface area contributed by atoms with Crippen molar-refractivity contribution in [3.8, 4) is 0 Å². The minimum Gasteiger partial charge on any atom is -0.356 e. The summed E-state index contributed by atoms with van der Waals surface area (Å²) in [5, 5.41) is 3.26. The van der Waals surface area contributed by atoms with E-state index < -0.39 is 0 Å². The van der Waals surface area contributed by atoms with Gasteiger partial charge in [-0.1, -0.05) is 6.92 Å². The van der Waals surface area contributed by atoms with Crippen LogP contribution in [0.4, 0.5) is 5.95 Å². The molecule has 1 aromatic heterocycles. The average Bonchev–Trinajstić information content (AvgIpc) is 2.62. The lowest BCUT2D eigenvalue weighted by atomic mass is 10.3. The predicted octanol–water partition coefficient (Wildman–Crippen LogP) is 1.97. The molecule has 0 bridgehead atoms. The van der Waals surface area contributed by atoms with Crippen LogP contribution in [0.5, 0.6) is 0 Å². The molecule has 0 aliphatic heterocycles. The van der Waals surface area contributed by atoms with Crippen LogP contribution >= 0.6 is 0 Å². The van der Waals surface area contributed by atoms with E-state index in [1.165, 1.54) is 6.42 Å². The standard InChI is InChI=1S/C10H17N3/c1-3-11-10-12-4-5-13(10)7-9-6-8(9)2/h4-5,8-9H,3,6-7H2,1-2H3,(H,11,12). The largest absolute Gasteiger partial charge is 0.356 e. The van der Waals surface area contributed by atoms with Crippen molar-refractivity contribution in [3.63, 3.8) is 0 Å². The molecule has 3 nitrogen and oxygen atoms in total. The topological polar surface area (TPSA) is 29.9 Å². The summed E-state index contributed by atoms with van der Waals surface area (Å²) in [5.41, 5.74) is 0. The molecular weight excluding hydrogens is 162 g/mol. The van der Waals surface area contributed by atoms with Crippen LogP contribution in [0.3, 0.4) is 0 Å². The smallest absolute Gasteiger partial charge is 0.202 e. The summed E-state index contributed by atoms with van der Waals surface area (Å²) in [6.07, 6.45) is 5.30. The maximum absolute atomic E-state index is 4.26. The Bertz CT molecular complexity index is 279. The van der Waals surface area contributed by atoms with Gasteiger partial charge < -0.3 is 9.88 Å². The zero-order chi connectivity index (χ0) is 9.26. The third-order valence-electron chi connectivity index (χ3n) is 2.76. The number of aromatic nitrogens is 2. The fourth-order valence-corrected chi connectivity index (χ4v) is 1.69. The third kappa shape index (κ3) is 1.85. The Labute approximate surface area is 79.2 Å². The highest BCUT2D eigenvalue weighted by Gasteiger charge is 2.32. The Kier molecular flexibility index (Phi) is 2.25. The van der Waals surface area contributed by atoms with Crippen LogP contribution in [-0.4, -0.2) is 16.1 Å². The summed E-state index contributed by atoms with van der Waals surface area (Å²) >= 11 is 0. The molecule has 0 radical (unpaired) electrons. The van der Waals surface area contributed by atoms with E-state index in [-0.39, 0.29) is 0 Å². The molecule has 1 saturated carbocycles. The van der Waals surface area contributed by atoms with Gasteiger partial charge >= 0.3 is 0 Å². The molecule has 0 aromatic carbocycles. The van der Waals surface area contributed by atoms with E-state index in [0.717, 1.165) is 30.9 Å². The Morgan fingerprint density at radius 2 is 2.46 bits per heavy atom. The quantitative estimate of drug-likeness (QED) is 0.765. The van der Waals surface area contributed by atoms with Gasteiger partial charge in [-0.3, -0.25) is 0 Å². The van der Waals surface area contributed by atoms with Crippen molar-refractivity contribution >= 4 is 5.95 Å². The van der Waals surface area contributed by atoms with Crippen LogP contribution in [0.25, 0.3) is 0 Å². The first kappa shape index (κ1) is 8.60. The van der Waals surface area contributed by atoms with Crippen molar-refractivity contribution in [2.45, 2.75) is 26.8 Å². The van der Waals surface area contributed by atoms with Crippen molar-refractivity contribution in [2.24, 2.45) is 11.8 Å². The minimum atomic E-state index is 0.881. The summed E-state index contributed by atoms with van der Waals surface area (Å²) in [6, 6.07) is 0. The fraction of sp³-hybridized carbons (Fsp3) is 0.700. The van der Waals surface area contributed by atoms with Crippen LogP contribution in [0.15, 0.2) is 12.4 Å². The molecule has 1 heterocycles. The van der Waals surface area contributed by atoms with Gasteiger partial charge in [-0.05, 0) is 25.2 Å². The molecule has 0 saturated heterocycles. The van der Waals surface area contributed by atoms with Crippen molar-refractivity contribution in [3.05, 3.63) is 12.4 Å². The van der Waals surface area contributed by atoms with Gasteiger partial charge in [-0.25, -0.2) is 4.98 Å². The normalized spacial score (nSPS) is 26.0. The maximum atomic E-state index is 4.26. The summed E-state index contributed by atoms with van der Waals surface area (Å²) in [5.74, 6) is 2.81. The first-order chi connectivity index (χ1) is 6.31. The van der Waals surface area contributed by atoms with Crippen molar-refractivity contribution < 1.29 is 0 Å². The Morgan fingerprint density at radius 3 is 3.08 bits per heavy atom. The molecule has 0 spiro atoms. The second-order valence-electron chi connectivity index (χ2n) is 3.91. The molecule has 3 heteroatoms. The van der Waals surface area contributed by atoms with Crippen molar-refractivity contribution in [1.29, 1.82) is 0 Å². The number of nitrogens with one attached hydrogen (secondary N) is 1. The van der Waals surface area contributed by atoms with Gasteiger partial charge in [0.15, 0.2) is 0 Å². The summed E-state index contributed by atoms with van der Waals surface area (Å²) in [6.45, 7) is 6.48. The monoisotopic (exact) mass is 179 g/mol. The number of hydrogen-bond donors (Lipinski definition) is 1. The molecule has 1 aromatic rings. The maximum Gasteiger partial charge on any atom is 0.202 e. The zero-order valence-corrected chi connectivity index (χ0v) is 8.33. The predicted molar refractivity (Wildman–Crippen MR) is 53.7 cm³/mol. The van der Waals surface area contributed by atoms with Gasteiger partial charge in [-0.15, -0.1) is 0 Å². The van der Waals surface area contributed by atoms with Crippen molar-refractivity contribution in [2.75, 3.05) is 11.9 Å². The molecule has 2 unspecified atom stereocenters. The van der Waals surface area contributed by atoms with Crippen LogP contribution in [0, 0.1) is 11.8 Å². The number of rotatable bonds is 4. The van der Waals surface area contributed by atoms with Gasteiger partial charge in [-0.2, -0.15) is 0 Å². The summed E-state index contributed by atoms with van der Waals surface area (Å²) < 4.78 is 2.22. The average molecular weight is 179 g/mol. The second-order valence-corrected chi connectivity index (χ2v) is 3.91. The van der Waals surface area contributed by atoms with Crippen LogP contribution in [-0.2, 0) is 6.54 Å². The van der Waals surface area contributed by atoms with E-state index in [1.807, 2.05) is 6.20 Å². The van der Waals surface area contributed by atoms with Crippen LogP contribution < -0.4 is 5.32 Å². The number of imidazole rings is 1. The molecule has 1 fully saturated rings. The highest BCUT2D eigenvalue weighted by atomic mass is 15.2. The minimum absolute atomic E-state index is 0.881. The highest BCUT2D eigenvalue weighted by molar-refractivity contribution is 5.25. The fourth-order valence-electron chi connectivity index (χ4n) is 1.69. The van der Waals surface area contributed by atoms with E-state index in [9.17, 15) is 0 Å². The second kappa shape index (κ2) is 3.40. The van der Waals surface area contributed by atoms with E-state index in [0.29, 0.717) is 0 Å². The summed E-state index contributed by atoms with van der Waals surface area (Å²) in [4.78, 5) is 4.26. The zero-order valence-electron chi connectivity index (χ0n) is 8.33. The Hall–Kier alpha value is -0.990. The molecule has 72 valence electrons. The van der Waals surface area contributed by atoms with E-state index >= 15 is 0 Å². The lowest BCUT2D eigenvalue weighted by Gasteiger charge is -2.07. The lowest BCUT2D eigenvalue weighted by Crippen LogP contribution is -2.07. The summed E-state index contributed by atoms with van der Waals surface area (Å²) in [7, 11) is 0. The van der Waals surface area contributed by atoms with Gasteiger partial charge in [0.25, 0.3) is 0 Å². The van der Waals surface area contributed by atoms with E-state index in [1.54, 1.807) is 0 Å². The Balaban J connectivity index is 1.98. The molecule has 2 rings (SSSR count). The molecule has 2 atom stereocenters. The molecular formula is C10H17N3. The molecule has 1 aliphatic rings. The van der Waals surface area contributed by atoms with Crippen molar-refractivity contribution in [1.82, 2.24) is 9.55 Å². The lowest BCUT2D eigenvalue weighted by molar-refractivity contribution is 0.597. The third-order valence-corrected chi connectivity index (χ3v) is 2.76. The van der Waals surface area contributed by atoms with Crippen LogP contribution in [0.2, 0.25) is 0 Å².